The Labute approximate surface area is 131 Å². The Hall–Kier alpha value is -1.35. The van der Waals surface area contributed by atoms with Crippen LogP contribution in [0.5, 0.6) is 0 Å². The number of amides is 1. The van der Waals surface area contributed by atoms with E-state index in [9.17, 15) is 9.59 Å². The number of benzene rings is 1. The third-order valence-corrected chi connectivity index (χ3v) is 4.70. The summed E-state index contributed by atoms with van der Waals surface area (Å²) in [5.41, 5.74) is -0.148. The van der Waals surface area contributed by atoms with Crippen molar-refractivity contribution in [3.05, 3.63) is 34.9 Å². The van der Waals surface area contributed by atoms with Crippen LogP contribution in [0.4, 0.5) is 0 Å². The Balaban J connectivity index is 2.58. The first-order valence-corrected chi connectivity index (χ1v) is 7.85. The normalized spacial score (nSPS) is 22.4. The molecule has 0 saturated heterocycles. The topological polar surface area (TPSA) is 37.4 Å². The van der Waals surface area contributed by atoms with E-state index < -0.39 is 5.54 Å². The quantitative estimate of drug-likeness (QED) is 0.852. The van der Waals surface area contributed by atoms with Crippen LogP contribution < -0.4 is 0 Å². The maximum atomic E-state index is 12.8. The fourth-order valence-electron chi connectivity index (χ4n) is 3.20. The fourth-order valence-corrected chi connectivity index (χ4v) is 3.50. The van der Waals surface area contributed by atoms with Gasteiger partial charge in [0.2, 0.25) is 5.91 Å². The van der Waals surface area contributed by atoms with Crippen LogP contribution in [0.3, 0.4) is 0 Å². The largest absolute Gasteiger partial charge is 0.329 e. The van der Waals surface area contributed by atoms with Gasteiger partial charge in [0.15, 0.2) is 5.78 Å². The van der Waals surface area contributed by atoms with Crippen molar-refractivity contribution in [1.82, 2.24) is 4.90 Å². The van der Waals surface area contributed by atoms with Gasteiger partial charge in [0.25, 0.3) is 0 Å². The van der Waals surface area contributed by atoms with Crippen molar-refractivity contribution in [1.29, 1.82) is 0 Å². The average molecular weight is 308 g/mol. The van der Waals surface area contributed by atoms with E-state index in [0.717, 1.165) is 18.4 Å². The Morgan fingerprint density at radius 1 is 1.29 bits per heavy atom. The van der Waals surface area contributed by atoms with Gasteiger partial charge in [-0.25, -0.2) is 0 Å². The summed E-state index contributed by atoms with van der Waals surface area (Å²) in [7, 11) is 1.73. The SMILES string of the molecule is CC(C)C(=O)N(C)C1(c2ccccc2Cl)CCCCC1=O. The van der Waals surface area contributed by atoms with Crippen molar-refractivity contribution in [3.8, 4) is 0 Å². The molecule has 0 spiro atoms. The molecule has 1 fully saturated rings. The highest BCUT2D eigenvalue weighted by Gasteiger charge is 2.48. The monoisotopic (exact) mass is 307 g/mol. The first kappa shape index (κ1) is 16.0. The van der Waals surface area contributed by atoms with Crippen molar-refractivity contribution in [3.63, 3.8) is 0 Å². The van der Waals surface area contributed by atoms with Gasteiger partial charge in [-0.3, -0.25) is 9.59 Å². The van der Waals surface area contributed by atoms with E-state index in [2.05, 4.69) is 0 Å². The number of ketones is 1. The minimum Gasteiger partial charge on any atom is -0.329 e. The second-order valence-electron chi connectivity index (χ2n) is 6.02. The maximum Gasteiger partial charge on any atom is 0.225 e. The third-order valence-electron chi connectivity index (χ3n) is 4.37. The molecular formula is C17H22ClNO2. The number of hydrogen-bond donors (Lipinski definition) is 0. The number of likely N-dealkylation sites (N-methyl/N-ethyl adjacent to an activating group) is 1. The molecule has 114 valence electrons. The lowest BCUT2D eigenvalue weighted by Crippen LogP contribution is -2.55. The maximum absolute atomic E-state index is 12.8. The van der Waals surface area contributed by atoms with Crippen LogP contribution >= 0.6 is 11.6 Å². The van der Waals surface area contributed by atoms with Gasteiger partial charge in [-0.05, 0) is 25.3 Å². The number of hydrogen-bond acceptors (Lipinski definition) is 2. The lowest BCUT2D eigenvalue weighted by Gasteiger charge is -2.44. The molecule has 4 heteroatoms. The summed E-state index contributed by atoms with van der Waals surface area (Å²) in [5.74, 6) is -0.0763. The molecule has 1 aromatic rings. The van der Waals surface area contributed by atoms with Crippen molar-refractivity contribution in [2.24, 2.45) is 5.92 Å². The fraction of sp³-hybridized carbons (Fsp3) is 0.529. The molecule has 0 N–H and O–H groups in total. The van der Waals surface area contributed by atoms with E-state index in [1.54, 1.807) is 18.0 Å². The standard InChI is InChI=1S/C17H22ClNO2/c1-12(2)16(21)19(3)17(11-7-6-10-15(17)20)13-8-4-5-9-14(13)18/h4-5,8-9,12H,6-7,10-11H2,1-3H3. The predicted octanol–water partition coefficient (Wildman–Crippen LogP) is 3.79. The van der Waals surface area contributed by atoms with E-state index >= 15 is 0 Å². The summed E-state index contributed by atoms with van der Waals surface area (Å²) < 4.78 is 0. The third kappa shape index (κ3) is 2.71. The number of Topliss-reactive ketones (excluding diaryl/α,β-unsaturated/α-hetero) is 1. The summed E-state index contributed by atoms with van der Waals surface area (Å²) >= 11 is 6.35. The number of nitrogens with zero attached hydrogens (tertiary/aromatic N) is 1. The van der Waals surface area contributed by atoms with Crippen molar-refractivity contribution >= 4 is 23.3 Å². The van der Waals surface area contributed by atoms with Crippen molar-refractivity contribution in [2.45, 2.75) is 45.1 Å². The second-order valence-corrected chi connectivity index (χ2v) is 6.43. The summed E-state index contributed by atoms with van der Waals surface area (Å²) in [4.78, 5) is 26.9. The molecule has 0 aliphatic heterocycles. The van der Waals surface area contributed by atoms with Crippen molar-refractivity contribution in [2.75, 3.05) is 7.05 Å². The number of carbonyl (C=O) groups is 2. The summed E-state index contributed by atoms with van der Waals surface area (Å²) in [6.07, 6.45) is 2.95. The predicted molar refractivity (Wildman–Crippen MR) is 84.2 cm³/mol. The highest BCUT2D eigenvalue weighted by atomic mass is 35.5. The van der Waals surface area contributed by atoms with Crippen LogP contribution in [0.25, 0.3) is 0 Å². The Morgan fingerprint density at radius 2 is 1.95 bits per heavy atom. The first-order chi connectivity index (χ1) is 9.91. The minimum atomic E-state index is -0.905. The number of rotatable bonds is 3. The van der Waals surface area contributed by atoms with Gasteiger partial charge in [-0.15, -0.1) is 0 Å². The van der Waals surface area contributed by atoms with Gasteiger partial charge >= 0.3 is 0 Å². The van der Waals surface area contributed by atoms with E-state index in [1.807, 2.05) is 32.0 Å². The van der Waals surface area contributed by atoms with Gasteiger partial charge in [0, 0.05) is 30.0 Å². The van der Waals surface area contributed by atoms with Gasteiger partial charge < -0.3 is 4.90 Å². The molecule has 1 saturated carbocycles. The molecule has 1 atom stereocenters. The molecule has 3 nitrogen and oxygen atoms in total. The van der Waals surface area contributed by atoms with Crippen LogP contribution in [-0.2, 0) is 15.1 Å². The van der Waals surface area contributed by atoms with E-state index in [0.29, 0.717) is 17.9 Å². The highest BCUT2D eigenvalue weighted by Crippen LogP contribution is 2.42. The summed E-state index contributed by atoms with van der Waals surface area (Å²) in [6.45, 7) is 3.71. The van der Waals surface area contributed by atoms with Crippen LogP contribution in [0.15, 0.2) is 24.3 Å². The van der Waals surface area contributed by atoms with Gasteiger partial charge in [0.1, 0.15) is 5.54 Å². The van der Waals surface area contributed by atoms with E-state index in [4.69, 9.17) is 11.6 Å². The molecule has 1 aromatic carbocycles. The smallest absolute Gasteiger partial charge is 0.225 e. The molecule has 1 aliphatic carbocycles. The molecule has 0 heterocycles. The Kier molecular flexibility index (Phi) is 4.72. The lowest BCUT2D eigenvalue weighted by atomic mass is 9.74. The van der Waals surface area contributed by atoms with Crippen LogP contribution in [-0.4, -0.2) is 23.6 Å². The van der Waals surface area contributed by atoms with Gasteiger partial charge in [0.05, 0.1) is 0 Å². The second kappa shape index (κ2) is 6.18. The van der Waals surface area contributed by atoms with Gasteiger partial charge in [-0.1, -0.05) is 43.6 Å². The summed E-state index contributed by atoms with van der Waals surface area (Å²) in [5, 5.41) is 0.552. The van der Waals surface area contributed by atoms with Crippen molar-refractivity contribution < 1.29 is 9.59 Å². The molecule has 0 radical (unpaired) electrons. The van der Waals surface area contributed by atoms with E-state index in [-0.39, 0.29) is 17.6 Å². The highest BCUT2D eigenvalue weighted by molar-refractivity contribution is 6.31. The molecule has 0 aromatic heterocycles. The zero-order chi connectivity index (χ0) is 15.6. The van der Waals surface area contributed by atoms with Crippen LogP contribution in [0, 0.1) is 5.92 Å². The molecular weight excluding hydrogens is 286 g/mol. The lowest BCUT2D eigenvalue weighted by molar-refractivity contribution is -0.150. The average Bonchev–Trinajstić information content (AvgIpc) is 2.47. The van der Waals surface area contributed by atoms with E-state index in [1.165, 1.54) is 0 Å². The Morgan fingerprint density at radius 3 is 2.52 bits per heavy atom. The molecule has 2 rings (SSSR count). The molecule has 1 amide bonds. The van der Waals surface area contributed by atoms with Crippen LogP contribution in [0.2, 0.25) is 5.02 Å². The summed E-state index contributed by atoms with van der Waals surface area (Å²) in [6, 6.07) is 7.37. The number of carbonyl (C=O) groups excluding carboxylic acids is 2. The van der Waals surface area contributed by atoms with Crippen LogP contribution in [0.1, 0.15) is 45.1 Å². The number of halogens is 1. The molecule has 1 unspecified atom stereocenters. The van der Waals surface area contributed by atoms with Gasteiger partial charge in [-0.2, -0.15) is 0 Å². The Bertz CT molecular complexity index is 555. The molecule has 1 aliphatic rings. The first-order valence-electron chi connectivity index (χ1n) is 7.47. The zero-order valence-corrected chi connectivity index (χ0v) is 13.6. The minimum absolute atomic E-state index is 0.0230. The molecule has 0 bridgehead atoms. The zero-order valence-electron chi connectivity index (χ0n) is 12.9. The molecule has 21 heavy (non-hydrogen) atoms.